The maximum atomic E-state index is 12.4. The van der Waals surface area contributed by atoms with E-state index in [0.29, 0.717) is 69.0 Å². The number of anilines is 4. The first-order valence-electron chi connectivity index (χ1n) is 13.4. The Morgan fingerprint density at radius 2 is 1.62 bits per heavy atom. The van der Waals surface area contributed by atoms with Crippen molar-refractivity contribution in [3.8, 4) is 0 Å². The SMILES string of the molecule is CCCCNc1nc(Nc2ccc(C(=O)NCCOCCOCCN)cc2)nc(NC2CCCCC2)n1. The van der Waals surface area contributed by atoms with E-state index in [0.717, 1.165) is 37.9 Å². The molecule has 1 aromatic heterocycles. The maximum Gasteiger partial charge on any atom is 0.251 e. The fraction of sp³-hybridized carbons (Fsp3) is 0.615. The molecule has 0 unspecified atom stereocenters. The van der Waals surface area contributed by atoms with Crippen LogP contribution in [0, 0.1) is 0 Å². The molecule has 1 aromatic carbocycles. The molecule has 0 aliphatic heterocycles. The van der Waals surface area contributed by atoms with Crippen molar-refractivity contribution in [3.05, 3.63) is 29.8 Å². The molecule has 11 nitrogen and oxygen atoms in total. The Hall–Kier alpha value is -3.02. The van der Waals surface area contributed by atoms with Gasteiger partial charge in [0.25, 0.3) is 5.91 Å². The Labute approximate surface area is 219 Å². The summed E-state index contributed by atoms with van der Waals surface area (Å²) >= 11 is 0. The molecule has 3 rings (SSSR count). The summed E-state index contributed by atoms with van der Waals surface area (Å²) in [6.07, 6.45) is 8.14. The second kappa shape index (κ2) is 16.7. The number of carbonyl (C=O) groups is 1. The van der Waals surface area contributed by atoms with E-state index in [1.807, 2.05) is 12.1 Å². The first-order valence-corrected chi connectivity index (χ1v) is 13.4. The smallest absolute Gasteiger partial charge is 0.251 e. The normalized spacial score (nSPS) is 13.8. The Morgan fingerprint density at radius 1 is 0.919 bits per heavy atom. The first-order chi connectivity index (χ1) is 18.2. The lowest BCUT2D eigenvalue weighted by atomic mass is 9.96. The van der Waals surface area contributed by atoms with E-state index in [-0.39, 0.29) is 5.91 Å². The van der Waals surface area contributed by atoms with Gasteiger partial charge in [-0.15, -0.1) is 0 Å². The first kappa shape index (κ1) is 28.5. The average molecular weight is 515 g/mol. The third-order valence-corrected chi connectivity index (χ3v) is 5.96. The summed E-state index contributed by atoms with van der Waals surface area (Å²) in [7, 11) is 0. The predicted molar refractivity (Wildman–Crippen MR) is 146 cm³/mol. The molecule has 1 heterocycles. The molecule has 1 saturated carbocycles. The van der Waals surface area contributed by atoms with Crippen LogP contribution in [0.15, 0.2) is 24.3 Å². The molecule has 0 atom stereocenters. The fourth-order valence-corrected chi connectivity index (χ4v) is 3.96. The predicted octanol–water partition coefficient (Wildman–Crippen LogP) is 3.29. The number of ether oxygens (including phenoxy) is 2. The zero-order chi connectivity index (χ0) is 26.1. The summed E-state index contributed by atoms with van der Waals surface area (Å²) in [5.74, 6) is 1.43. The molecule has 0 saturated heterocycles. The molecule has 6 N–H and O–H groups in total. The average Bonchev–Trinajstić information content (AvgIpc) is 2.91. The van der Waals surface area contributed by atoms with Crippen LogP contribution in [0.25, 0.3) is 0 Å². The van der Waals surface area contributed by atoms with E-state index in [4.69, 9.17) is 15.2 Å². The van der Waals surface area contributed by atoms with Crippen LogP contribution in [0.4, 0.5) is 23.5 Å². The van der Waals surface area contributed by atoms with Gasteiger partial charge in [-0.3, -0.25) is 4.79 Å². The highest BCUT2D eigenvalue weighted by Crippen LogP contribution is 2.22. The number of nitrogens with one attached hydrogen (secondary N) is 4. The lowest BCUT2D eigenvalue weighted by molar-refractivity contribution is 0.0511. The third-order valence-electron chi connectivity index (χ3n) is 5.96. The van der Waals surface area contributed by atoms with Crippen LogP contribution < -0.4 is 27.0 Å². The fourth-order valence-electron chi connectivity index (χ4n) is 3.96. The zero-order valence-electron chi connectivity index (χ0n) is 21.9. The van der Waals surface area contributed by atoms with Gasteiger partial charge in [-0.1, -0.05) is 32.6 Å². The molecule has 1 fully saturated rings. The molecule has 204 valence electrons. The number of rotatable bonds is 17. The van der Waals surface area contributed by atoms with Crippen molar-refractivity contribution >= 4 is 29.4 Å². The highest BCUT2D eigenvalue weighted by molar-refractivity contribution is 5.94. The number of carbonyl (C=O) groups excluding carboxylic acids is 1. The Balaban J connectivity index is 1.52. The van der Waals surface area contributed by atoms with Crippen molar-refractivity contribution < 1.29 is 14.3 Å². The van der Waals surface area contributed by atoms with Crippen molar-refractivity contribution in [2.24, 2.45) is 5.73 Å². The minimum absolute atomic E-state index is 0.156. The van der Waals surface area contributed by atoms with Crippen molar-refractivity contribution in [2.75, 3.05) is 62.0 Å². The number of hydrogen-bond donors (Lipinski definition) is 5. The Morgan fingerprint density at radius 3 is 2.35 bits per heavy atom. The molecule has 1 amide bonds. The standard InChI is InChI=1S/C26H42N8O3/c1-2-3-14-29-24-32-25(30-21-7-5-4-6-8-21)34-26(33-24)31-22-11-9-20(10-12-22)23(35)28-15-17-37-19-18-36-16-13-27/h9-12,21H,2-8,13-19,27H2,1H3,(H,28,35)(H3,29,30,31,32,33,34). The van der Waals surface area contributed by atoms with Gasteiger partial charge >= 0.3 is 0 Å². The molecule has 1 aliphatic carbocycles. The van der Waals surface area contributed by atoms with E-state index in [1.54, 1.807) is 12.1 Å². The van der Waals surface area contributed by atoms with Crippen LogP contribution in [0.5, 0.6) is 0 Å². The summed E-state index contributed by atoms with van der Waals surface area (Å²) < 4.78 is 10.7. The van der Waals surface area contributed by atoms with Gasteiger partial charge in [0.2, 0.25) is 17.8 Å². The second-order valence-electron chi connectivity index (χ2n) is 9.04. The topological polar surface area (TPSA) is 148 Å². The number of benzene rings is 1. The minimum atomic E-state index is -0.156. The van der Waals surface area contributed by atoms with E-state index >= 15 is 0 Å². The summed E-state index contributed by atoms with van der Waals surface area (Å²) in [5, 5.41) is 12.9. The Bertz CT molecular complexity index is 923. The minimum Gasteiger partial charge on any atom is -0.378 e. The quantitative estimate of drug-likeness (QED) is 0.199. The largest absolute Gasteiger partial charge is 0.378 e. The number of amides is 1. The molecule has 11 heteroatoms. The second-order valence-corrected chi connectivity index (χ2v) is 9.04. The highest BCUT2D eigenvalue weighted by Gasteiger charge is 2.16. The number of nitrogens with zero attached hydrogens (tertiary/aromatic N) is 3. The van der Waals surface area contributed by atoms with Crippen LogP contribution in [-0.2, 0) is 9.47 Å². The van der Waals surface area contributed by atoms with E-state index in [1.165, 1.54) is 19.3 Å². The van der Waals surface area contributed by atoms with Gasteiger partial charge in [0.1, 0.15) is 0 Å². The van der Waals surface area contributed by atoms with Crippen molar-refractivity contribution in [1.29, 1.82) is 0 Å². The number of unbranched alkanes of at least 4 members (excludes halogenated alkanes) is 1. The van der Waals surface area contributed by atoms with E-state index in [9.17, 15) is 4.79 Å². The zero-order valence-corrected chi connectivity index (χ0v) is 21.9. The summed E-state index contributed by atoms with van der Waals surface area (Å²) in [6, 6.07) is 7.59. The molecule has 2 aromatic rings. The van der Waals surface area contributed by atoms with Crippen LogP contribution in [0.1, 0.15) is 62.2 Å². The molecule has 1 aliphatic rings. The number of hydrogen-bond acceptors (Lipinski definition) is 10. The monoisotopic (exact) mass is 514 g/mol. The van der Waals surface area contributed by atoms with Gasteiger partial charge in [0.05, 0.1) is 26.4 Å². The maximum absolute atomic E-state index is 12.4. The van der Waals surface area contributed by atoms with Gasteiger partial charge in [0, 0.05) is 36.9 Å². The molecule has 37 heavy (non-hydrogen) atoms. The van der Waals surface area contributed by atoms with Crippen LogP contribution in [0.2, 0.25) is 0 Å². The van der Waals surface area contributed by atoms with Crippen molar-refractivity contribution in [1.82, 2.24) is 20.3 Å². The van der Waals surface area contributed by atoms with Crippen LogP contribution in [-0.4, -0.2) is 73.0 Å². The molecular formula is C26H42N8O3. The number of nitrogens with two attached hydrogens (primary N) is 1. The van der Waals surface area contributed by atoms with Gasteiger partial charge in [-0.2, -0.15) is 15.0 Å². The lowest BCUT2D eigenvalue weighted by Gasteiger charge is -2.23. The molecule has 0 bridgehead atoms. The van der Waals surface area contributed by atoms with E-state index in [2.05, 4.69) is 43.1 Å². The van der Waals surface area contributed by atoms with Crippen molar-refractivity contribution in [3.63, 3.8) is 0 Å². The van der Waals surface area contributed by atoms with Gasteiger partial charge in [0.15, 0.2) is 0 Å². The molecule has 0 spiro atoms. The lowest BCUT2D eigenvalue weighted by Crippen LogP contribution is -2.27. The van der Waals surface area contributed by atoms with Crippen LogP contribution in [0.3, 0.4) is 0 Å². The van der Waals surface area contributed by atoms with Gasteiger partial charge in [-0.25, -0.2) is 0 Å². The Kier molecular flexibility index (Phi) is 12.9. The highest BCUT2D eigenvalue weighted by atomic mass is 16.5. The number of aromatic nitrogens is 3. The third kappa shape index (κ3) is 10.9. The molecular weight excluding hydrogens is 472 g/mol. The summed E-state index contributed by atoms with van der Waals surface area (Å²) in [4.78, 5) is 26.1. The van der Waals surface area contributed by atoms with Crippen LogP contribution >= 0.6 is 0 Å². The van der Waals surface area contributed by atoms with Gasteiger partial charge in [-0.05, 0) is 43.5 Å². The summed E-state index contributed by atoms with van der Waals surface area (Å²) in [6.45, 7) is 5.78. The van der Waals surface area contributed by atoms with Gasteiger partial charge < -0.3 is 36.5 Å². The molecule has 0 radical (unpaired) electrons. The van der Waals surface area contributed by atoms with Crippen molar-refractivity contribution in [2.45, 2.75) is 57.9 Å². The van der Waals surface area contributed by atoms with E-state index < -0.39 is 0 Å². The summed E-state index contributed by atoms with van der Waals surface area (Å²) in [5.41, 5.74) is 6.71.